The number of aromatic nitrogens is 3. The Morgan fingerprint density at radius 1 is 1.11 bits per heavy atom. The van der Waals surface area contributed by atoms with Crippen LogP contribution in [0.25, 0.3) is 21.5 Å². The van der Waals surface area contributed by atoms with Gasteiger partial charge in [0.05, 0.1) is 17.8 Å². The molecule has 9 nitrogen and oxygen atoms in total. The number of aromatic hydroxyl groups is 1. The van der Waals surface area contributed by atoms with Crippen LogP contribution in [0.15, 0.2) is 40.9 Å². The topological polar surface area (TPSA) is 105 Å². The van der Waals surface area contributed by atoms with Crippen LogP contribution >= 0.6 is 11.3 Å². The summed E-state index contributed by atoms with van der Waals surface area (Å²) in [5.41, 5.74) is 2.76. The van der Waals surface area contributed by atoms with Gasteiger partial charge in [-0.2, -0.15) is 0 Å². The second kappa shape index (κ2) is 9.90. The zero-order chi connectivity index (χ0) is 26.4. The lowest BCUT2D eigenvalue weighted by Gasteiger charge is -2.35. The molecule has 4 heterocycles. The van der Waals surface area contributed by atoms with E-state index in [0.29, 0.717) is 22.9 Å². The first kappa shape index (κ1) is 24.7. The summed E-state index contributed by atoms with van der Waals surface area (Å²) in [4.78, 5) is 17.9. The Bertz CT molecular complexity index is 1470. The van der Waals surface area contributed by atoms with E-state index in [2.05, 4.69) is 31.2 Å². The molecule has 2 aliphatic rings. The van der Waals surface area contributed by atoms with Crippen LogP contribution in [0, 0.1) is 5.92 Å². The smallest absolute Gasteiger partial charge is 0.316 e. The number of fused-ring (bicyclic) bond motifs is 1. The number of methoxy groups -OCH3 is 1. The molecule has 1 aliphatic carbocycles. The third kappa shape index (κ3) is 4.47. The lowest BCUT2D eigenvalue weighted by molar-refractivity contribution is -0.144. The van der Waals surface area contributed by atoms with E-state index in [0.717, 1.165) is 42.2 Å². The third-order valence-corrected chi connectivity index (χ3v) is 8.64. The Kier molecular flexibility index (Phi) is 6.43. The molecule has 1 aromatic carbocycles. The number of hydrogen-bond acceptors (Lipinski definition) is 10. The Morgan fingerprint density at radius 2 is 1.84 bits per heavy atom. The lowest BCUT2D eigenvalue weighted by atomic mass is 9.93. The van der Waals surface area contributed by atoms with Crippen LogP contribution in [-0.4, -0.2) is 59.7 Å². The minimum Gasteiger partial charge on any atom is -0.507 e. The van der Waals surface area contributed by atoms with E-state index in [-0.39, 0.29) is 17.6 Å². The molecule has 2 fully saturated rings. The van der Waals surface area contributed by atoms with Gasteiger partial charge in [-0.15, -0.1) is 10.2 Å². The lowest BCUT2D eigenvalue weighted by Crippen LogP contribution is -2.46. The second-order valence-electron chi connectivity index (χ2n) is 10.4. The second-order valence-corrected chi connectivity index (χ2v) is 11.3. The molecule has 0 amide bonds. The largest absolute Gasteiger partial charge is 0.507 e. The van der Waals surface area contributed by atoms with Crippen molar-refractivity contribution in [2.24, 2.45) is 5.92 Å². The Balaban J connectivity index is 1.23. The molecule has 1 saturated heterocycles. The van der Waals surface area contributed by atoms with Crippen LogP contribution in [-0.2, 0) is 9.53 Å². The minimum absolute atomic E-state index is 0.0448. The number of esters is 1. The summed E-state index contributed by atoms with van der Waals surface area (Å²) >= 11 is 1.71. The molecule has 38 heavy (non-hydrogen) atoms. The summed E-state index contributed by atoms with van der Waals surface area (Å²) in [5.74, 6) is 1.33. The van der Waals surface area contributed by atoms with Crippen LogP contribution in [0.2, 0.25) is 0 Å². The van der Waals surface area contributed by atoms with Crippen molar-refractivity contribution in [3.05, 3.63) is 47.7 Å². The number of piperazine rings is 1. The number of nitrogens with zero attached hydrogens (tertiary/aromatic N) is 5. The number of thiophene rings is 1. The fraction of sp³-hybridized carbons (Fsp3) is 0.429. The third-order valence-electron chi connectivity index (χ3n) is 7.47. The first-order chi connectivity index (χ1) is 18.4. The highest BCUT2D eigenvalue weighted by Gasteiger charge is 2.34. The summed E-state index contributed by atoms with van der Waals surface area (Å²) in [6.45, 7) is 7.23. The van der Waals surface area contributed by atoms with Gasteiger partial charge in [-0.05, 0) is 48.4 Å². The Hall–Kier alpha value is -3.66. The van der Waals surface area contributed by atoms with Gasteiger partial charge in [0.25, 0.3) is 0 Å². The molecule has 0 radical (unpaired) electrons. The van der Waals surface area contributed by atoms with Gasteiger partial charge >= 0.3 is 5.97 Å². The number of phenolic OH excluding ortho intramolecular Hbond substituents is 1. The van der Waals surface area contributed by atoms with Crippen molar-refractivity contribution in [1.82, 2.24) is 15.4 Å². The molecule has 1 aliphatic heterocycles. The van der Waals surface area contributed by atoms with Gasteiger partial charge in [-0.25, -0.2) is 0 Å². The zero-order valence-electron chi connectivity index (χ0n) is 21.8. The monoisotopic (exact) mass is 533 g/mol. The van der Waals surface area contributed by atoms with Crippen LogP contribution in [0.3, 0.4) is 0 Å². The Morgan fingerprint density at radius 3 is 2.53 bits per heavy atom. The predicted molar refractivity (Wildman–Crippen MR) is 147 cm³/mol. The number of phenols is 1. The molecule has 1 atom stereocenters. The highest BCUT2D eigenvalue weighted by Crippen LogP contribution is 2.51. The van der Waals surface area contributed by atoms with E-state index in [1.165, 1.54) is 30.5 Å². The van der Waals surface area contributed by atoms with E-state index in [9.17, 15) is 9.90 Å². The average Bonchev–Trinajstić information content (AvgIpc) is 3.52. The first-order valence-corrected chi connectivity index (χ1v) is 13.9. The van der Waals surface area contributed by atoms with Gasteiger partial charge in [0.2, 0.25) is 0 Å². The highest BCUT2D eigenvalue weighted by molar-refractivity contribution is 7.22. The van der Waals surface area contributed by atoms with Gasteiger partial charge < -0.3 is 24.2 Å². The van der Waals surface area contributed by atoms with Gasteiger partial charge in [-0.3, -0.25) is 4.79 Å². The first-order valence-electron chi connectivity index (χ1n) is 13.1. The van der Waals surface area contributed by atoms with Crippen LogP contribution in [0.4, 0.5) is 10.8 Å². The number of benzene rings is 1. The molecule has 4 aromatic rings. The summed E-state index contributed by atoms with van der Waals surface area (Å²) in [5, 5.41) is 26.0. The minimum atomic E-state index is -0.467. The quantitative estimate of drug-likeness (QED) is 0.322. The number of carbonyl (C=O) groups excluding carboxylic acids is 1. The molecule has 10 heteroatoms. The van der Waals surface area contributed by atoms with Crippen molar-refractivity contribution in [1.29, 1.82) is 0 Å². The van der Waals surface area contributed by atoms with Crippen molar-refractivity contribution in [3.63, 3.8) is 0 Å². The van der Waals surface area contributed by atoms with E-state index >= 15 is 0 Å². The van der Waals surface area contributed by atoms with E-state index in [4.69, 9.17) is 9.26 Å². The van der Waals surface area contributed by atoms with E-state index in [1.807, 2.05) is 38.1 Å². The zero-order valence-corrected chi connectivity index (χ0v) is 22.6. The molecular formula is C28H31N5O4S. The molecule has 3 aromatic heterocycles. The number of ether oxygens (including phenoxy) is 1. The van der Waals surface area contributed by atoms with Crippen molar-refractivity contribution in [3.8, 4) is 17.0 Å². The van der Waals surface area contributed by atoms with Crippen molar-refractivity contribution >= 4 is 38.3 Å². The van der Waals surface area contributed by atoms with Crippen LogP contribution in [0.1, 0.15) is 49.8 Å². The molecular weight excluding hydrogens is 502 g/mol. The number of para-hydroxylation sites is 1. The highest BCUT2D eigenvalue weighted by atomic mass is 32.1. The normalized spacial score (nSPS) is 16.8. The predicted octanol–water partition coefficient (Wildman–Crippen LogP) is 5.17. The summed E-state index contributed by atoms with van der Waals surface area (Å²) in [6.07, 6.45) is 2.37. The molecule has 1 N–H and O–H groups in total. The number of rotatable bonds is 7. The molecule has 0 spiro atoms. The maximum Gasteiger partial charge on any atom is 0.316 e. The van der Waals surface area contributed by atoms with Gasteiger partial charge in [0.15, 0.2) is 11.6 Å². The summed E-state index contributed by atoms with van der Waals surface area (Å²) < 4.78 is 10.6. The van der Waals surface area contributed by atoms with Gasteiger partial charge in [-0.1, -0.05) is 42.5 Å². The molecule has 0 bridgehead atoms. The SMILES string of the molecule is COC(=O)C(c1cc(N2CCN(c3sc4nnc(-c5ccccc5O)cc4c3C3CC3)CC2)no1)C(C)C. The number of hydrogen-bond donors (Lipinski definition) is 1. The summed E-state index contributed by atoms with van der Waals surface area (Å²) in [6, 6.07) is 11.2. The fourth-order valence-electron chi connectivity index (χ4n) is 5.29. The van der Waals surface area contributed by atoms with E-state index in [1.54, 1.807) is 17.4 Å². The molecule has 6 rings (SSSR count). The molecule has 1 saturated carbocycles. The Labute approximate surface area is 225 Å². The molecule has 1 unspecified atom stereocenters. The fourth-order valence-corrected chi connectivity index (χ4v) is 6.53. The van der Waals surface area contributed by atoms with Crippen molar-refractivity contribution < 1.29 is 19.2 Å². The maximum absolute atomic E-state index is 12.3. The van der Waals surface area contributed by atoms with Crippen molar-refractivity contribution in [2.75, 3.05) is 43.1 Å². The van der Waals surface area contributed by atoms with E-state index < -0.39 is 5.92 Å². The van der Waals surface area contributed by atoms with Gasteiger partial charge in [0, 0.05) is 43.2 Å². The van der Waals surface area contributed by atoms with Crippen LogP contribution < -0.4 is 9.80 Å². The van der Waals surface area contributed by atoms with Crippen molar-refractivity contribution in [2.45, 2.75) is 38.5 Å². The standard InChI is InChI=1S/C28H31N5O4S/c1-16(2)24(28(35)36-3)22-15-23(31-37-22)32-10-12-33(13-11-32)27-25(17-8-9-17)19-14-20(29-30-26(19)38-27)18-6-4-5-7-21(18)34/h4-7,14-17,24,34H,8-13H2,1-3H3. The summed E-state index contributed by atoms with van der Waals surface area (Å²) in [7, 11) is 1.40. The number of anilines is 2. The van der Waals surface area contributed by atoms with Crippen LogP contribution in [0.5, 0.6) is 5.75 Å². The maximum atomic E-state index is 12.3. The van der Waals surface area contributed by atoms with Gasteiger partial charge in [0.1, 0.15) is 16.5 Å². The average molecular weight is 534 g/mol. The number of carbonyl (C=O) groups is 1. The molecule has 198 valence electrons.